The molecule has 1 aromatic rings. The van der Waals surface area contributed by atoms with Crippen molar-refractivity contribution in [3.63, 3.8) is 0 Å². The van der Waals surface area contributed by atoms with Gasteiger partial charge in [-0.15, -0.1) is 5.10 Å². The fourth-order valence-electron chi connectivity index (χ4n) is 1.85. The molecule has 7 heteroatoms. The largest absolute Gasteiger partial charge is 0.465 e. The number of amides is 2. The third kappa shape index (κ3) is 2.49. The number of carbonyl (C=O) groups is 2. The Bertz CT molecular complexity index is 423. The molecule has 2 amide bonds. The number of anilines is 1. The average molecular weight is 236 g/mol. The van der Waals surface area contributed by atoms with Crippen molar-refractivity contribution in [2.45, 2.75) is 18.9 Å². The maximum atomic E-state index is 11.8. The average Bonchev–Trinajstić information content (AvgIpc) is 2.79. The van der Waals surface area contributed by atoms with Crippen molar-refractivity contribution in [3.8, 4) is 0 Å². The quantitative estimate of drug-likeness (QED) is 0.782. The highest BCUT2D eigenvalue weighted by molar-refractivity contribution is 5.95. The van der Waals surface area contributed by atoms with Gasteiger partial charge in [-0.1, -0.05) is 0 Å². The van der Waals surface area contributed by atoms with Crippen LogP contribution >= 0.6 is 0 Å². The van der Waals surface area contributed by atoms with Crippen LogP contribution in [0, 0.1) is 0 Å². The fourth-order valence-corrected chi connectivity index (χ4v) is 1.85. The summed E-state index contributed by atoms with van der Waals surface area (Å²) in [5.41, 5.74) is 0. The number of hydrogen-bond acceptors (Lipinski definition) is 4. The number of nitrogens with zero attached hydrogens (tertiary/aromatic N) is 3. The summed E-state index contributed by atoms with van der Waals surface area (Å²) in [6.45, 7) is 0.397. The number of nitrogens with one attached hydrogen (secondary N) is 1. The summed E-state index contributed by atoms with van der Waals surface area (Å²) in [4.78, 5) is 23.9. The van der Waals surface area contributed by atoms with E-state index < -0.39 is 12.1 Å². The lowest BCUT2D eigenvalue weighted by Crippen LogP contribution is -2.42. The minimum absolute atomic E-state index is 0.328. The minimum Gasteiger partial charge on any atom is -0.465 e. The monoisotopic (exact) mass is 236 g/mol. The number of carbonyl (C=O) groups excluding carboxylic acids is 1. The summed E-state index contributed by atoms with van der Waals surface area (Å²) in [5, 5.41) is 18.8. The van der Waals surface area contributed by atoms with Crippen molar-refractivity contribution in [1.29, 1.82) is 0 Å². The van der Waals surface area contributed by atoms with Gasteiger partial charge in [-0.25, -0.2) is 4.79 Å². The lowest BCUT2D eigenvalue weighted by molar-refractivity contribution is -0.119. The molecule has 1 aliphatic rings. The van der Waals surface area contributed by atoms with Crippen LogP contribution in [0.25, 0.3) is 0 Å². The Labute approximate surface area is 97.4 Å². The molecule has 1 aromatic heterocycles. The van der Waals surface area contributed by atoms with Crippen molar-refractivity contribution in [2.75, 3.05) is 11.9 Å². The molecule has 90 valence electrons. The van der Waals surface area contributed by atoms with Crippen LogP contribution in [-0.4, -0.2) is 44.8 Å². The fraction of sp³-hybridized carbons (Fsp3) is 0.400. The Kier molecular flexibility index (Phi) is 3.17. The molecule has 7 nitrogen and oxygen atoms in total. The molecule has 0 bridgehead atoms. The molecule has 0 aliphatic carbocycles. The number of hydrogen-bond donors (Lipinski definition) is 2. The lowest BCUT2D eigenvalue weighted by atomic mass is 10.2. The standard InChI is InChI=1S/C10H12N4O3/c15-9(12-8-4-1-5-11-13-8)7-3-2-6-14(7)10(16)17/h1,4-5,7H,2-3,6H2,(H,16,17)(H,12,13,15). The molecule has 1 aliphatic heterocycles. The van der Waals surface area contributed by atoms with E-state index in [1.807, 2.05) is 0 Å². The first-order valence-corrected chi connectivity index (χ1v) is 5.26. The molecule has 1 atom stereocenters. The molecule has 1 saturated heterocycles. The van der Waals surface area contributed by atoms with Gasteiger partial charge in [0.15, 0.2) is 5.82 Å². The molecular weight excluding hydrogens is 224 g/mol. The van der Waals surface area contributed by atoms with Gasteiger partial charge < -0.3 is 10.4 Å². The highest BCUT2D eigenvalue weighted by Crippen LogP contribution is 2.18. The summed E-state index contributed by atoms with van der Waals surface area (Å²) in [6.07, 6.45) is 1.67. The molecular formula is C10H12N4O3. The van der Waals surface area contributed by atoms with E-state index >= 15 is 0 Å². The Morgan fingerprint density at radius 2 is 2.35 bits per heavy atom. The minimum atomic E-state index is -1.07. The smallest absolute Gasteiger partial charge is 0.407 e. The van der Waals surface area contributed by atoms with E-state index in [-0.39, 0.29) is 5.91 Å². The van der Waals surface area contributed by atoms with Gasteiger partial charge in [-0.3, -0.25) is 9.69 Å². The summed E-state index contributed by atoms with van der Waals surface area (Å²) in [6, 6.07) is 2.62. The molecule has 2 heterocycles. The van der Waals surface area contributed by atoms with E-state index in [1.165, 1.54) is 6.20 Å². The van der Waals surface area contributed by atoms with Gasteiger partial charge in [0.05, 0.1) is 0 Å². The highest BCUT2D eigenvalue weighted by atomic mass is 16.4. The van der Waals surface area contributed by atoms with Gasteiger partial charge in [0, 0.05) is 12.7 Å². The number of rotatable bonds is 2. The molecule has 17 heavy (non-hydrogen) atoms. The van der Waals surface area contributed by atoms with E-state index in [0.717, 1.165) is 4.90 Å². The third-order valence-electron chi connectivity index (χ3n) is 2.62. The van der Waals surface area contributed by atoms with Crippen molar-refractivity contribution in [3.05, 3.63) is 18.3 Å². The highest BCUT2D eigenvalue weighted by Gasteiger charge is 2.34. The van der Waals surface area contributed by atoms with Crippen LogP contribution in [0.15, 0.2) is 18.3 Å². The van der Waals surface area contributed by atoms with Gasteiger partial charge in [0.25, 0.3) is 0 Å². The summed E-state index contributed by atoms with van der Waals surface area (Å²) < 4.78 is 0. The van der Waals surface area contributed by atoms with E-state index in [9.17, 15) is 9.59 Å². The first-order valence-electron chi connectivity index (χ1n) is 5.26. The second kappa shape index (κ2) is 4.77. The topological polar surface area (TPSA) is 95.4 Å². The lowest BCUT2D eigenvalue weighted by Gasteiger charge is -2.20. The zero-order valence-electron chi connectivity index (χ0n) is 9.04. The van der Waals surface area contributed by atoms with Crippen LogP contribution < -0.4 is 5.32 Å². The van der Waals surface area contributed by atoms with Crippen LogP contribution in [0.1, 0.15) is 12.8 Å². The predicted molar refractivity (Wildman–Crippen MR) is 58.4 cm³/mol. The Hall–Kier alpha value is -2.18. The number of carboxylic acid groups (broad SMARTS) is 1. The summed E-state index contributed by atoms with van der Waals surface area (Å²) >= 11 is 0. The molecule has 0 spiro atoms. The molecule has 0 radical (unpaired) electrons. The first-order chi connectivity index (χ1) is 8.18. The van der Waals surface area contributed by atoms with Crippen molar-refractivity contribution < 1.29 is 14.7 Å². The summed E-state index contributed by atoms with van der Waals surface area (Å²) in [5.74, 6) is -0.0276. The Morgan fingerprint density at radius 3 is 3.00 bits per heavy atom. The Morgan fingerprint density at radius 1 is 1.53 bits per heavy atom. The maximum absolute atomic E-state index is 11.8. The van der Waals surface area contributed by atoms with E-state index in [1.54, 1.807) is 12.1 Å². The molecule has 0 aromatic carbocycles. The van der Waals surface area contributed by atoms with Crippen molar-refractivity contribution in [2.24, 2.45) is 0 Å². The normalized spacial score (nSPS) is 19.1. The second-order valence-corrected chi connectivity index (χ2v) is 3.73. The molecule has 0 saturated carbocycles. The van der Waals surface area contributed by atoms with E-state index in [2.05, 4.69) is 15.5 Å². The van der Waals surface area contributed by atoms with Crippen LogP contribution in [0.3, 0.4) is 0 Å². The van der Waals surface area contributed by atoms with Crippen LogP contribution in [0.5, 0.6) is 0 Å². The molecule has 1 fully saturated rings. The second-order valence-electron chi connectivity index (χ2n) is 3.73. The molecule has 2 N–H and O–H groups in total. The van der Waals surface area contributed by atoms with Crippen molar-refractivity contribution >= 4 is 17.8 Å². The van der Waals surface area contributed by atoms with Crippen LogP contribution in [-0.2, 0) is 4.79 Å². The van der Waals surface area contributed by atoms with Gasteiger partial charge in [-0.05, 0) is 25.0 Å². The van der Waals surface area contributed by atoms with Gasteiger partial charge in [-0.2, -0.15) is 5.10 Å². The van der Waals surface area contributed by atoms with Crippen LogP contribution in [0.2, 0.25) is 0 Å². The zero-order valence-corrected chi connectivity index (χ0v) is 9.04. The molecule has 2 rings (SSSR count). The van der Waals surface area contributed by atoms with E-state index in [0.29, 0.717) is 25.2 Å². The van der Waals surface area contributed by atoms with Gasteiger partial charge in [0.1, 0.15) is 6.04 Å². The predicted octanol–water partition coefficient (Wildman–Crippen LogP) is 0.558. The third-order valence-corrected chi connectivity index (χ3v) is 2.62. The number of aromatic nitrogens is 2. The number of likely N-dealkylation sites (tertiary alicyclic amines) is 1. The zero-order chi connectivity index (χ0) is 12.3. The first kappa shape index (κ1) is 11.3. The SMILES string of the molecule is O=C(Nc1cccnn1)C1CCCN1C(=O)O. The van der Waals surface area contributed by atoms with Gasteiger partial charge >= 0.3 is 6.09 Å². The van der Waals surface area contributed by atoms with Crippen molar-refractivity contribution in [1.82, 2.24) is 15.1 Å². The maximum Gasteiger partial charge on any atom is 0.407 e. The summed E-state index contributed by atoms with van der Waals surface area (Å²) in [7, 11) is 0. The van der Waals surface area contributed by atoms with Crippen LogP contribution in [0.4, 0.5) is 10.6 Å². The van der Waals surface area contributed by atoms with E-state index in [4.69, 9.17) is 5.11 Å². The Balaban J connectivity index is 2.03. The van der Waals surface area contributed by atoms with Gasteiger partial charge in [0.2, 0.25) is 5.91 Å². The molecule has 1 unspecified atom stereocenters.